The number of aliphatic carboxylic acids is 1. The summed E-state index contributed by atoms with van der Waals surface area (Å²) in [5, 5.41) is 19.6. The number of hydrogen-bond acceptors (Lipinski definition) is 5. The van der Waals surface area contributed by atoms with Crippen molar-refractivity contribution in [2.45, 2.75) is 29.9 Å². The fourth-order valence-electron chi connectivity index (χ4n) is 2.61. The molecular weight excluding hydrogens is 310 g/mol. The molecule has 1 aliphatic heterocycles. The third-order valence-electron chi connectivity index (χ3n) is 3.70. The number of carboxylic acids is 1. The molecule has 0 amide bonds. The van der Waals surface area contributed by atoms with Crippen molar-refractivity contribution in [2.24, 2.45) is 0 Å². The van der Waals surface area contributed by atoms with E-state index in [-0.39, 0.29) is 24.5 Å². The average Bonchev–Trinajstić information content (AvgIpc) is 2.79. The molecule has 0 aliphatic carbocycles. The van der Waals surface area contributed by atoms with E-state index in [2.05, 4.69) is 0 Å². The van der Waals surface area contributed by atoms with Crippen LogP contribution in [0.15, 0.2) is 29.2 Å². The van der Waals surface area contributed by atoms with Crippen LogP contribution in [0.3, 0.4) is 0 Å². The molecule has 0 bridgehead atoms. The quantitative estimate of drug-likeness (QED) is 0.801. The van der Waals surface area contributed by atoms with Gasteiger partial charge in [-0.2, -0.15) is 4.31 Å². The normalized spacial score (nSPS) is 26.2. The number of methoxy groups -OCH3 is 1. The Kier molecular flexibility index (Phi) is 4.57. The lowest BCUT2D eigenvalue weighted by Gasteiger charge is -2.22. The zero-order valence-corrected chi connectivity index (χ0v) is 13.2. The largest absolute Gasteiger partial charge is 0.480 e. The van der Waals surface area contributed by atoms with E-state index in [1.807, 2.05) is 6.92 Å². The van der Waals surface area contributed by atoms with Gasteiger partial charge in [-0.1, -0.05) is 17.7 Å². The van der Waals surface area contributed by atoms with Crippen LogP contribution < -0.4 is 0 Å². The number of nitrogens with zero attached hydrogens (tertiary/aromatic N) is 1. The Morgan fingerprint density at radius 3 is 2.50 bits per heavy atom. The minimum atomic E-state index is -4.00. The second-order valence-corrected chi connectivity index (χ2v) is 7.47. The molecular formula is C14H19NO6S. The van der Waals surface area contributed by atoms with Gasteiger partial charge in [0.2, 0.25) is 10.0 Å². The summed E-state index contributed by atoms with van der Waals surface area (Å²) in [5.74, 6) is -1.29. The number of rotatable bonds is 5. The smallest absolute Gasteiger partial charge is 0.322 e. The average molecular weight is 329 g/mol. The van der Waals surface area contributed by atoms with E-state index in [4.69, 9.17) is 4.74 Å². The molecule has 22 heavy (non-hydrogen) atoms. The van der Waals surface area contributed by atoms with Crippen molar-refractivity contribution in [1.29, 1.82) is 0 Å². The summed E-state index contributed by atoms with van der Waals surface area (Å²) in [4.78, 5) is 11.4. The van der Waals surface area contributed by atoms with Crippen molar-refractivity contribution < 1.29 is 28.2 Å². The molecule has 1 fully saturated rings. The predicted molar refractivity (Wildman–Crippen MR) is 77.9 cm³/mol. The first-order valence-corrected chi connectivity index (χ1v) is 8.16. The zero-order valence-electron chi connectivity index (χ0n) is 12.4. The highest BCUT2D eigenvalue weighted by Crippen LogP contribution is 2.32. The maximum Gasteiger partial charge on any atom is 0.322 e. The van der Waals surface area contributed by atoms with Gasteiger partial charge in [-0.05, 0) is 19.1 Å². The Balaban J connectivity index is 2.39. The van der Waals surface area contributed by atoms with Gasteiger partial charge in [-0.15, -0.1) is 0 Å². The molecule has 0 radical (unpaired) electrons. The van der Waals surface area contributed by atoms with Crippen molar-refractivity contribution >= 4 is 16.0 Å². The topological polar surface area (TPSA) is 104 Å². The fourth-order valence-corrected chi connectivity index (χ4v) is 4.27. The number of sulfonamides is 1. The summed E-state index contributed by atoms with van der Waals surface area (Å²) < 4.78 is 31.0. The number of aliphatic hydroxyl groups is 1. The third kappa shape index (κ3) is 3.14. The Morgan fingerprint density at radius 1 is 1.41 bits per heavy atom. The predicted octanol–water partition coefficient (Wildman–Crippen LogP) is 0.220. The Labute approximate surface area is 129 Å². The van der Waals surface area contributed by atoms with Crippen LogP contribution in [0.25, 0.3) is 0 Å². The standard InChI is InChI=1S/C14H19NO6S/c1-10-3-5-11(6-4-10)22(19,20)15-8-14(18,9-21-2)7-12(15)13(16)17/h3-6,12,18H,7-9H2,1-2H3,(H,16,17)/t12-,14-/m0/s1. The lowest BCUT2D eigenvalue weighted by Crippen LogP contribution is -2.42. The molecule has 7 nitrogen and oxygen atoms in total. The lowest BCUT2D eigenvalue weighted by molar-refractivity contribution is -0.141. The van der Waals surface area contributed by atoms with Crippen molar-refractivity contribution in [3.8, 4) is 0 Å². The van der Waals surface area contributed by atoms with Crippen LogP contribution in [0.5, 0.6) is 0 Å². The summed E-state index contributed by atoms with van der Waals surface area (Å²) in [6.07, 6.45) is -0.207. The van der Waals surface area contributed by atoms with Gasteiger partial charge in [0.05, 0.1) is 11.5 Å². The molecule has 8 heteroatoms. The van der Waals surface area contributed by atoms with E-state index < -0.39 is 27.6 Å². The van der Waals surface area contributed by atoms with Crippen LogP contribution in [0.1, 0.15) is 12.0 Å². The summed E-state index contributed by atoms with van der Waals surface area (Å²) in [5.41, 5.74) is -0.610. The van der Waals surface area contributed by atoms with Gasteiger partial charge in [0.15, 0.2) is 0 Å². The second-order valence-electron chi connectivity index (χ2n) is 5.58. The summed E-state index contributed by atoms with van der Waals surface area (Å²) in [6, 6.07) is 4.82. The highest BCUT2D eigenvalue weighted by Gasteiger charge is 2.51. The van der Waals surface area contributed by atoms with Gasteiger partial charge < -0.3 is 14.9 Å². The molecule has 1 aromatic rings. The van der Waals surface area contributed by atoms with E-state index in [1.165, 1.54) is 19.2 Å². The SMILES string of the molecule is COC[C@]1(O)C[C@@H](C(=O)O)N(S(=O)(=O)c2ccc(C)cc2)C1. The molecule has 2 atom stereocenters. The fraction of sp³-hybridized carbons (Fsp3) is 0.500. The lowest BCUT2D eigenvalue weighted by atomic mass is 10.0. The molecule has 0 aromatic heterocycles. The number of ether oxygens (including phenoxy) is 1. The number of hydrogen-bond donors (Lipinski definition) is 2. The molecule has 1 aliphatic rings. The molecule has 2 rings (SSSR count). The number of carboxylic acid groups (broad SMARTS) is 1. The molecule has 1 heterocycles. The Hall–Kier alpha value is -1.48. The monoisotopic (exact) mass is 329 g/mol. The van der Waals surface area contributed by atoms with Gasteiger partial charge in [0.1, 0.15) is 11.6 Å². The van der Waals surface area contributed by atoms with Crippen LogP contribution >= 0.6 is 0 Å². The Bertz CT molecular complexity index is 656. The summed E-state index contributed by atoms with van der Waals surface area (Å²) in [7, 11) is -2.64. The van der Waals surface area contributed by atoms with Crippen LogP contribution in [0, 0.1) is 6.92 Å². The second kappa shape index (κ2) is 5.96. The zero-order chi connectivity index (χ0) is 16.5. The number of β-amino-alcohol motifs (C(OH)–C–C–N with tert-alkyl or cyclic N) is 1. The third-order valence-corrected chi connectivity index (χ3v) is 5.57. The van der Waals surface area contributed by atoms with E-state index in [0.29, 0.717) is 0 Å². The minimum absolute atomic E-state index is 0.00557. The van der Waals surface area contributed by atoms with Crippen LogP contribution in [0.2, 0.25) is 0 Å². The first-order chi connectivity index (χ1) is 10.2. The van der Waals surface area contributed by atoms with Crippen LogP contribution in [-0.4, -0.2) is 60.8 Å². The van der Waals surface area contributed by atoms with E-state index in [1.54, 1.807) is 12.1 Å². The number of benzene rings is 1. The van der Waals surface area contributed by atoms with Gasteiger partial charge in [-0.3, -0.25) is 4.79 Å². The van der Waals surface area contributed by atoms with Gasteiger partial charge in [-0.25, -0.2) is 8.42 Å². The minimum Gasteiger partial charge on any atom is -0.480 e. The molecule has 0 spiro atoms. The van der Waals surface area contributed by atoms with Crippen molar-refractivity contribution in [2.75, 3.05) is 20.3 Å². The van der Waals surface area contributed by atoms with Crippen molar-refractivity contribution in [1.82, 2.24) is 4.31 Å². The van der Waals surface area contributed by atoms with E-state index in [9.17, 15) is 23.4 Å². The van der Waals surface area contributed by atoms with Crippen molar-refractivity contribution in [3.05, 3.63) is 29.8 Å². The summed E-state index contributed by atoms with van der Waals surface area (Å²) >= 11 is 0. The first-order valence-electron chi connectivity index (χ1n) is 6.72. The first kappa shape index (κ1) is 16.9. The number of carbonyl (C=O) groups is 1. The van der Waals surface area contributed by atoms with Crippen molar-refractivity contribution in [3.63, 3.8) is 0 Å². The van der Waals surface area contributed by atoms with E-state index in [0.717, 1.165) is 9.87 Å². The maximum absolute atomic E-state index is 12.7. The molecule has 2 N–H and O–H groups in total. The van der Waals surface area contributed by atoms with E-state index >= 15 is 0 Å². The number of aryl methyl sites for hydroxylation is 1. The maximum atomic E-state index is 12.7. The molecule has 0 unspecified atom stereocenters. The Morgan fingerprint density at radius 2 is 2.00 bits per heavy atom. The van der Waals surface area contributed by atoms with Gasteiger partial charge in [0, 0.05) is 20.1 Å². The highest BCUT2D eigenvalue weighted by atomic mass is 32.2. The summed E-state index contributed by atoms with van der Waals surface area (Å²) in [6.45, 7) is 1.38. The van der Waals surface area contributed by atoms with Crippen LogP contribution in [-0.2, 0) is 19.6 Å². The van der Waals surface area contributed by atoms with Gasteiger partial charge >= 0.3 is 5.97 Å². The molecule has 122 valence electrons. The molecule has 1 saturated heterocycles. The highest BCUT2D eigenvalue weighted by molar-refractivity contribution is 7.89. The molecule has 0 saturated carbocycles. The van der Waals surface area contributed by atoms with Gasteiger partial charge in [0.25, 0.3) is 0 Å². The van der Waals surface area contributed by atoms with Crippen LogP contribution in [0.4, 0.5) is 0 Å². The molecule has 1 aromatic carbocycles.